The lowest BCUT2D eigenvalue weighted by atomic mass is 10.1. The Morgan fingerprint density at radius 3 is 2.80 bits per heavy atom. The molecule has 20 heavy (non-hydrogen) atoms. The lowest BCUT2D eigenvalue weighted by molar-refractivity contribution is -0.140. The monoisotopic (exact) mass is 280 g/mol. The number of hydrogen-bond acceptors (Lipinski definition) is 5. The van der Waals surface area contributed by atoms with Gasteiger partial charge in [0.15, 0.2) is 0 Å². The number of methoxy groups -OCH3 is 1. The first-order chi connectivity index (χ1) is 9.61. The Morgan fingerprint density at radius 1 is 1.45 bits per heavy atom. The van der Waals surface area contributed by atoms with Gasteiger partial charge in [0.1, 0.15) is 5.60 Å². The molecular formula is C14H20N2O4. The molecule has 0 aromatic heterocycles. The van der Waals surface area contributed by atoms with Gasteiger partial charge in [0.25, 0.3) is 0 Å². The molecule has 110 valence electrons. The first kappa shape index (κ1) is 13.4. The van der Waals surface area contributed by atoms with E-state index in [1.54, 1.807) is 14.0 Å². The molecule has 6 heteroatoms. The number of esters is 1. The van der Waals surface area contributed by atoms with Gasteiger partial charge < -0.3 is 19.3 Å². The van der Waals surface area contributed by atoms with Crippen molar-refractivity contribution in [3.05, 3.63) is 11.8 Å². The number of ether oxygens (including phenoxy) is 2. The van der Waals surface area contributed by atoms with E-state index in [0.29, 0.717) is 25.3 Å². The van der Waals surface area contributed by atoms with Gasteiger partial charge in [0, 0.05) is 32.9 Å². The van der Waals surface area contributed by atoms with Crippen LogP contribution in [0, 0.1) is 5.92 Å². The summed E-state index contributed by atoms with van der Waals surface area (Å²) in [5.74, 6) is -0.571. The molecule has 0 bridgehead atoms. The fourth-order valence-electron chi connectivity index (χ4n) is 3.62. The van der Waals surface area contributed by atoms with Gasteiger partial charge in [-0.25, -0.2) is 4.79 Å². The zero-order valence-electron chi connectivity index (χ0n) is 12.1. The van der Waals surface area contributed by atoms with E-state index in [1.165, 1.54) is 0 Å². The van der Waals surface area contributed by atoms with Crippen LogP contribution in [0.4, 0.5) is 0 Å². The van der Waals surface area contributed by atoms with Crippen LogP contribution in [0.15, 0.2) is 11.8 Å². The summed E-state index contributed by atoms with van der Waals surface area (Å²) in [4.78, 5) is 28.6. The molecule has 0 spiro atoms. The fourth-order valence-corrected chi connectivity index (χ4v) is 3.62. The second-order valence-electron chi connectivity index (χ2n) is 5.34. The average Bonchev–Trinajstić information content (AvgIpc) is 3.04. The van der Waals surface area contributed by atoms with Gasteiger partial charge in [-0.2, -0.15) is 0 Å². The molecule has 3 rings (SSSR count). The number of likely N-dealkylation sites (N-methyl/N-ethyl adjacent to an activating group) is 1. The Balaban J connectivity index is 1.95. The molecule has 0 aromatic carbocycles. The molecular weight excluding hydrogens is 260 g/mol. The highest BCUT2D eigenvalue weighted by Crippen LogP contribution is 2.60. The minimum atomic E-state index is -0.794. The molecule has 0 radical (unpaired) electrons. The molecule has 1 aliphatic carbocycles. The lowest BCUT2D eigenvalue weighted by Gasteiger charge is -2.23. The van der Waals surface area contributed by atoms with Gasteiger partial charge in [-0.1, -0.05) is 0 Å². The normalized spacial score (nSPS) is 34.5. The number of fused-ring (bicyclic) bond motifs is 1. The maximum absolute atomic E-state index is 12.5. The second kappa shape index (κ2) is 4.48. The van der Waals surface area contributed by atoms with E-state index in [2.05, 4.69) is 4.90 Å². The lowest BCUT2D eigenvalue weighted by Crippen LogP contribution is -2.38. The van der Waals surface area contributed by atoms with Crippen LogP contribution in [-0.4, -0.2) is 66.7 Å². The largest absolute Gasteiger partial charge is 0.463 e. The van der Waals surface area contributed by atoms with E-state index < -0.39 is 5.60 Å². The van der Waals surface area contributed by atoms with Crippen LogP contribution in [0.2, 0.25) is 0 Å². The molecule has 6 nitrogen and oxygen atoms in total. The quantitative estimate of drug-likeness (QED) is 0.678. The molecule has 1 saturated heterocycles. The van der Waals surface area contributed by atoms with Crippen LogP contribution in [0.1, 0.15) is 13.8 Å². The van der Waals surface area contributed by atoms with Crippen molar-refractivity contribution in [2.24, 2.45) is 5.92 Å². The van der Waals surface area contributed by atoms with Crippen molar-refractivity contribution >= 4 is 11.9 Å². The van der Waals surface area contributed by atoms with Crippen molar-refractivity contribution in [2.75, 3.05) is 33.4 Å². The van der Waals surface area contributed by atoms with E-state index in [4.69, 9.17) is 9.47 Å². The van der Waals surface area contributed by atoms with Gasteiger partial charge in [-0.15, -0.1) is 0 Å². The third kappa shape index (κ3) is 1.48. The SMILES string of the molecule is CCOC(=O)C1=CN2CCN(CC)C(=O)C3C2C13OC. The smallest absolute Gasteiger partial charge is 0.338 e. The van der Waals surface area contributed by atoms with Crippen molar-refractivity contribution in [1.29, 1.82) is 0 Å². The van der Waals surface area contributed by atoms with E-state index >= 15 is 0 Å². The highest BCUT2D eigenvalue weighted by molar-refractivity contribution is 5.99. The molecule has 1 amide bonds. The number of carbonyl (C=O) groups is 2. The molecule has 3 unspecified atom stereocenters. The van der Waals surface area contributed by atoms with Gasteiger partial charge in [-0.05, 0) is 13.8 Å². The van der Waals surface area contributed by atoms with Crippen LogP contribution in [0.5, 0.6) is 0 Å². The standard InChI is InChI=1S/C14H20N2O4/c1-4-15-6-7-16-8-9(13(18)20-5-2)14(19-3)10(11(14)16)12(15)17/h8,10-11H,4-7H2,1-3H3. The molecule has 0 aromatic rings. The summed E-state index contributed by atoms with van der Waals surface area (Å²) in [6, 6.07) is -0.0454. The molecule has 2 fully saturated rings. The topological polar surface area (TPSA) is 59.1 Å². The van der Waals surface area contributed by atoms with Crippen LogP contribution < -0.4 is 0 Å². The second-order valence-corrected chi connectivity index (χ2v) is 5.34. The van der Waals surface area contributed by atoms with Crippen molar-refractivity contribution in [1.82, 2.24) is 9.80 Å². The minimum Gasteiger partial charge on any atom is -0.463 e. The summed E-state index contributed by atoms with van der Waals surface area (Å²) in [6.45, 7) is 6.17. The first-order valence-electron chi connectivity index (χ1n) is 7.10. The summed E-state index contributed by atoms with van der Waals surface area (Å²) < 4.78 is 10.7. The summed E-state index contributed by atoms with van der Waals surface area (Å²) in [6.07, 6.45) is 1.81. The van der Waals surface area contributed by atoms with Crippen LogP contribution >= 0.6 is 0 Å². The summed E-state index contributed by atoms with van der Waals surface area (Å²) in [5.41, 5.74) is -0.305. The predicted octanol–water partition coefficient (Wildman–Crippen LogP) is -0.00530. The Kier molecular flexibility index (Phi) is 3.01. The Morgan fingerprint density at radius 2 is 2.20 bits per heavy atom. The van der Waals surface area contributed by atoms with Crippen molar-refractivity contribution in [3.63, 3.8) is 0 Å². The number of amides is 1. The minimum absolute atomic E-state index is 0.0454. The van der Waals surface area contributed by atoms with Gasteiger partial charge in [0.05, 0.1) is 24.1 Å². The zero-order valence-corrected chi connectivity index (χ0v) is 12.1. The van der Waals surface area contributed by atoms with E-state index in [1.807, 2.05) is 18.0 Å². The Bertz CT molecular complexity index is 490. The molecule has 1 saturated carbocycles. The number of hydrogen-bond donors (Lipinski definition) is 0. The number of carbonyl (C=O) groups excluding carboxylic acids is 2. The van der Waals surface area contributed by atoms with Crippen LogP contribution in [0.25, 0.3) is 0 Å². The molecule has 3 atom stereocenters. The van der Waals surface area contributed by atoms with Gasteiger partial charge in [0.2, 0.25) is 5.91 Å². The Labute approximate surface area is 118 Å². The maximum atomic E-state index is 12.5. The Hall–Kier alpha value is -1.56. The van der Waals surface area contributed by atoms with Gasteiger partial charge >= 0.3 is 5.97 Å². The van der Waals surface area contributed by atoms with E-state index in [-0.39, 0.29) is 23.8 Å². The predicted molar refractivity (Wildman–Crippen MR) is 70.7 cm³/mol. The highest BCUT2D eigenvalue weighted by atomic mass is 16.5. The van der Waals surface area contributed by atoms with E-state index in [0.717, 1.165) is 6.54 Å². The molecule has 0 N–H and O–H groups in total. The van der Waals surface area contributed by atoms with E-state index in [9.17, 15) is 9.59 Å². The third-order valence-corrected chi connectivity index (χ3v) is 4.60. The average molecular weight is 280 g/mol. The fraction of sp³-hybridized carbons (Fsp3) is 0.714. The first-order valence-corrected chi connectivity index (χ1v) is 7.10. The zero-order chi connectivity index (χ0) is 14.5. The molecule has 2 aliphatic heterocycles. The summed E-state index contributed by atoms with van der Waals surface area (Å²) in [7, 11) is 1.56. The van der Waals surface area contributed by atoms with Gasteiger partial charge in [-0.3, -0.25) is 4.79 Å². The number of rotatable bonds is 4. The van der Waals surface area contributed by atoms with Crippen molar-refractivity contribution in [3.8, 4) is 0 Å². The molecule has 3 aliphatic rings. The van der Waals surface area contributed by atoms with Crippen LogP contribution in [0.3, 0.4) is 0 Å². The summed E-state index contributed by atoms with van der Waals surface area (Å²) >= 11 is 0. The number of nitrogens with zero attached hydrogens (tertiary/aromatic N) is 2. The maximum Gasteiger partial charge on any atom is 0.338 e. The highest BCUT2D eigenvalue weighted by Gasteiger charge is 2.78. The molecule has 2 heterocycles. The van der Waals surface area contributed by atoms with Crippen LogP contribution in [-0.2, 0) is 19.1 Å². The van der Waals surface area contributed by atoms with Crippen molar-refractivity contribution < 1.29 is 19.1 Å². The summed E-state index contributed by atoms with van der Waals surface area (Å²) in [5, 5.41) is 0. The van der Waals surface area contributed by atoms with Crippen molar-refractivity contribution in [2.45, 2.75) is 25.5 Å². The third-order valence-electron chi connectivity index (χ3n) is 4.60.